The van der Waals surface area contributed by atoms with Crippen molar-refractivity contribution in [3.63, 3.8) is 0 Å². The molecule has 0 atom stereocenters. The number of hydrogen-bond donors (Lipinski definition) is 0. The molecule has 0 radical (unpaired) electrons. The van der Waals surface area contributed by atoms with Gasteiger partial charge in [-0.1, -0.05) is 25.1 Å². The fourth-order valence-corrected chi connectivity index (χ4v) is 2.96. The summed E-state index contributed by atoms with van der Waals surface area (Å²) in [4.78, 5) is 16.6. The molecule has 2 aromatic rings. The lowest BCUT2D eigenvalue weighted by atomic mass is 10.1. The Morgan fingerprint density at radius 3 is 2.62 bits per heavy atom. The first-order valence-corrected chi connectivity index (χ1v) is 8.56. The predicted octanol–water partition coefficient (Wildman–Crippen LogP) is 2.14. The molecule has 6 nitrogen and oxygen atoms in total. The van der Waals surface area contributed by atoms with Crippen molar-refractivity contribution in [1.29, 1.82) is 0 Å². The maximum absolute atomic E-state index is 12.3. The van der Waals surface area contributed by atoms with Crippen molar-refractivity contribution in [3.05, 3.63) is 35.7 Å². The van der Waals surface area contributed by atoms with Crippen LogP contribution in [-0.2, 0) is 11.2 Å². The van der Waals surface area contributed by atoms with Crippen molar-refractivity contribution in [2.24, 2.45) is 0 Å². The Balaban J connectivity index is 1.54. The van der Waals surface area contributed by atoms with Gasteiger partial charge in [-0.25, -0.2) is 0 Å². The van der Waals surface area contributed by atoms with Gasteiger partial charge in [-0.3, -0.25) is 4.79 Å². The fraction of sp³-hybridized carbons (Fsp3) is 0.500. The zero-order valence-electron chi connectivity index (χ0n) is 14.4. The van der Waals surface area contributed by atoms with E-state index in [4.69, 9.17) is 4.42 Å². The number of carbonyl (C=O) groups is 1. The van der Waals surface area contributed by atoms with Crippen molar-refractivity contribution in [1.82, 2.24) is 20.0 Å². The van der Waals surface area contributed by atoms with E-state index in [0.29, 0.717) is 24.6 Å². The van der Waals surface area contributed by atoms with Gasteiger partial charge in [-0.05, 0) is 25.1 Å². The van der Waals surface area contributed by atoms with Crippen LogP contribution in [0.25, 0.3) is 11.5 Å². The lowest BCUT2D eigenvalue weighted by Crippen LogP contribution is -2.48. The molecule has 1 saturated heterocycles. The van der Waals surface area contributed by atoms with Crippen molar-refractivity contribution in [3.8, 4) is 11.5 Å². The Morgan fingerprint density at radius 2 is 1.92 bits per heavy atom. The smallest absolute Gasteiger partial charge is 0.247 e. The summed E-state index contributed by atoms with van der Waals surface area (Å²) in [5.41, 5.74) is 2.04. The minimum Gasteiger partial charge on any atom is -0.421 e. The summed E-state index contributed by atoms with van der Waals surface area (Å²) in [5, 5.41) is 8.19. The van der Waals surface area contributed by atoms with E-state index in [0.717, 1.165) is 43.9 Å². The zero-order valence-corrected chi connectivity index (χ0v) is 14.4. The Bertz CT molecular complexity index is 690. The number of aryl methyl sites for hydroxylation is 2. The minimum absolute atomic E-state index is 0.168. The van der Waals surface area contributed by atoms with Crippen LogP contribution in [0.3, 0.4) is 0 Å². The lowest BCUT2D eigenvalue weighted by Gasteiger charge is -2.34. The van der Waals surface area contributed by atoms with Gasteiger partial charge in [0.1, 0.15) is 0 Å². The molecule has 2 heterocycles. The van der Waals surface area contributed by atoms with Crippen molar-refractivity contribution in [2.75, 3.05) is 32.7 Å². The maximum Gasteiger partial charge on any atom is 0.247 e. The highest BCUT2D eigenvalue weighted by Gasteiger charge is 2.20. The first kappa shape index (κ1) is 16.6. The third kappa shape index (κ3) is 3.82. The Morgan fingerprint density at radius 1 is 1.17 bits per heavy atom. The second-order valence-corrected chi connectivity index (χ2v) is 6.13. The average molecular weight is 328 g/mol. The number of carbonyl (C=O) groups excluding carboxylic acids is 1. The van der Waals surface area contributed by atoms with Crippen LogP contribution in [0.2, 0.25) is 0 Å². The summed E-state index contributed by atoms with van der Waals surface area (Å²) in [6.45, 7) is 8.75. The summed E-state index contributed by atoms with van der Waals surface area (Å²) < 4.78 is 5.72. The largest absolute Gasteiger partial charge is 0.421 e. The van der Waals surface area contributed by atoms with Gasteiger partial charge in [0.05, 0.1) is 0 Å². The van der Waals surface area contributed by atoms with Gasteiger partial charge < -0.3 is 14.2 Å². The van der Waals surface area contributed by atoms with E-state index in [1.807, 2.05) is 36.1 Å². The van der Waals surface area contributed by atoms with E-state index in [1.165, 1.54) is 0 Å². The molecule has 1 fully saturated rings. The van der Waals surface area contributed by atoms with Gasteiger partial charge in [0.2, 0.25) is 17.7 Å². The summed E-state index contributed by atoms with van der Waals surface area (Å²) >= 11 is 0. The maximum atomic E-state index is 12.3. The molecule has 1 amide bonds. The molecule has 1 aromatic heterocycles. The second kappa shape index (κ2) is 7.57. The molecule has 0 bridgehead atoms. The third-order valence-corrected chi connectivity index (χ3v) is 4.57. The highest BCUT2D eigenvalue weighted by molar-refractivity contribution is 5.76. The van der Waals surface area contributed by atoms with Gasteiger partial charge >= 0.3 is 0 Å². The first-order chi connectivity index (χ1) is 11.7. The van der Waals surface area contributed by atoms with Crippen LogP contribution in [0.5, 0.6) is 0 Å². The highest BCUT2D eigenvalue weighted by atomic mass is 16.4. The molecule has 3 rings (SSSR count). The minimum atomic E-state index is 0.168. The summed E-state index contributed by atoms with van der Waals surface area (Å²) in [6.07, 6.45) is 0.910. The van der Waals surface area contributed by atoms with Gasteiger partial charge in [0, 0.05) is 44.6 Å². The molecule has 1 aliphatic heterocycles. The van der Waals surface area contributed by atoms with Crippen LogP contribution < -0.4 is 0 Å². The monoisotopic (exact) mass is 328 g/mol. The number of likely N-dealkylation sites (N-methyl/N-ethyl adjacent to an activating group) is 1. The van der Waals surface area contributed by atoms with Gasteiger partial charge in [0.15, 0.2) is 0 Å². The average Bonchev–Trinajstić information content (AvgIpc) is 3.09. The van der Waals surface area contributed by atoms with Crippen LogP contribution >= 0.6 is 0 Å². The molecule has 0 unspecified atom stereocenters. The van der Waals surface area contributed by atoms with Crippen LogP contribution in [-0.4, -0.2) is 58.6 Å². The van der Waals surface area contributed by atoms with E-state index in [-0.39, 0.29) is 5.91 Å². The Kier molecular flexibility index (Phi) is 5.25. The van der Waals surface area contributed by atoms with Crippen LogP contribution in [0.4, 0.5) is 0 Å². The van der Waals surface area contributed by atoms with Gasteiger partial charge in [-0.2, -0.15) is 0 Å². The molecular formula is C18H24N4O2. The lowest BCUT2D eigenvalue weighted by molar-refractivity contribution is -0.132. The summed E-state index contributed by atoms with van der Waals surface area (Å²) in [7, 11) is 0. The summed E-state index contributed by atoms with van der Waals surface area (Å²) in [5.74, 6) is 1.21. The zero-order chi connectivity index (χ0) is 16.9. The molecule has 24 heavy (non-hydrogen) atoms. The van der Waals surface area contributed by atoms with Crippen LogP contribution in [0.1, 0.15) is 24.8 Å². The predicted molar refractivity (Wildman–Crippen MR) is 91.5 cm³/mol. The third-order valence-electron chi connectivity index (χ3n) is 4.57. The molecule has 1 aromatic carbocycles. The van der Waals surface area contributed by atoms with Crippen molar-refractivity contribution in [2.45, 2.75) is 26.7 Å². The van der Waals surface area contributed by atoms with Gasteiger partial charge in [0.25, 0.3) is 0 Å². The molecule has 6 heteroatoms. The molecule has 0 spiro atoms. The van der Waals surface area contributed by atoms with Crippen LogP contribution in [0.15, 0.2) is 28.7 Å². The van der Waals surface area contributed by atoms with Crippen molar-refractivity contribution < 1.29 is 9.21 Å². The number of benzene rings is 1. The SMILES string of the molecule is CCN1CCN(C(=O)CCc2nnc(-c3ccccc3C)o2)CC1. The normalized spacial score (nSPS) is 15.7. The molecule has 0 N–H and O–H groups in total. The molecule has 0 saturated carbocycles. The standard InChI is InChI=1S/C18H24N4O2/c1-3-21-10-12-22(13-11-21)17(23)9-8-16-19-20-18(24-16)15-7-5-4-6-14(15)2/h4-7H,3,8-13H2,1-2H3. The molecule has 1 aliphatic rings. The van der Waals surface area contributed by atoms with E-state index in [2.05, 4.69) is 22.0 Å². The van der Waals surface area contributed by atoms with E-state index < -0.39 is 0 Å². The Labute approximate surface area is 142 Å². The van der Waals surface area contributed by atoms with Gasteiger partial charge in [-0.15, -0.1) is 10.2 Å². The number of rotatable bonds is 5. The van der Waals surface area contributed by atoms with Crippen molar-refractivity contribution >= 4 is 5.91 Å². The molecular weight excluding hydrogens is 304 g/mol. The first-order valence-electron chi connectivity index (χ1n) is 8.56. The quantitative estimate of drug-likeness (QED) is 0.841. The Hall–Kier alpha value is -2.21. The molecule has 0 aliphatic carbocycles. The number of nitrogens with zero attached hydrogens (tertiary/aromatic N) is 4. The topological polar surface area (TPSA) is 62.5 Å². The number of hydrogen-bond acceptors (Lipinski definition) is 5. The van der Waals surface area contributed by atoms with E-state index in [1.54, 1.807) is 0 Å². The highest BCUT2D eigenvalue weighted by Crippen LogP contribution is 2.21. The van der Waals surface area contributed by atoms with Crippen LogP contribution in [0, 0.1) is 6.92 Å². The van der Waals surface area contributed by atoms with E-state index >= 15 is 0 Å². The fourth-order valence-electron chi connectivity index (χ4n) is 2.96. The number of piperazine rings is 1. The molecule has 128 valence electrons. The number of amides is 1. The number of aromatic nitrogens is 2. The van der Waals surface area contributed by atoms with E-state index in [9.17, 15) is 4.79 Å². The second-order valence-electron chi connectivity index (χ2n) is 6.13. The summed E-state index contributed by atoms with van der Waals surface area (Å²) in [6, 6.07) is 7.91.